The normalized spacial score (nSPS) is 15.0. The lowest BCUT2D eigenvalue weighted by molar-refractivity contribution is -0.117. The van der Waals surface area contributed by atoms with Gasteiger partial charge in [0.15, 0.2) is 5.82 Å². The lowest BCUT2D eigenvalue weighted by Gasteiger charge is -2.10. The van der Waals surface area contributed by atoms with Gasteiger partial charge >= 0.3 is 0 Å². The first-order valence-corrected chi connectivity index (χ1v) is 8.78. The Bertz CT molecular complexity index is 924. The number of aryl methyl sites for hydroxylation is 2. The van der Waals surface area contributed by atoms with E-state index in [4.69, 9.17) is 0 Å². The first-order valence-electron chi connectivity index (χ1n) is 8.78. The quantitative estimate of drug-likeness (QED) is 0.733. The zero-order chi connectivity index (χ0) is 18.1. The van der Waals surface area contributed by atoms with E-state index in [0.717, 1.165) is 18.4 Å². The van der Waals surface area contributed by atoms with Gasteiger partial charge in [-0.3, -0.25) is 4.79 Å². The molecule has 0 saturated heterocycles. The molecule has 1 N–H and O–H groups in total. The molecule has 4 rings (SSSR count). The molecule has 0 unspecified atom stereocenters. The van der Waals surface area contributed by atoms with Crippen LogP contribution in [0.2, 0.25) is 0 Å². The summed E-state index contributed by atoms with van der Waals surface area (Å²) in [6, 6.07) is 10.2. The second-order valence-corrected chi connectivity index (χ2v) is 6.63. The topological polar surface area (TPSA) is 90.5 Å². The van der Waals surface area contributed by atoms with Gasteiger partial charge in [0.25, 0.3) is 0 Å². The standard InChI is InChI=1S/C18H21N7O/c1-3-24-16(13(2)11-19-24)20-15(26)12-25-22-17(21-23-25)18(9-10-18)14-7-5-4-6-8-14/h4-8,11H,3,9-10,12H2,1-2H3,(H,20,26). The van der Waals surface area contributed by atoms with Gasteiger partial charge in [-0.15, -0.1) is 10.2 Å². The SMILES string of the molecule is CCn1ncc(C)c1NC(=O)Cn1nnc(C2(c3ccccc3)CC2)n1. The van der Waals surface area contributed by atoms with Crippen molar-refractivity contribution in [3.8, 4) is 0 Å². The Morgan fingerprint density at radius 3 is 2.73 bits per heavy atom. The number of benzene rings is 1. The molecule has 134 valence electrons. The van der Waals surface area contributed by atoms with Gasteiger partial charge in [0.2, 0.25) is 5.91 Å². The highest BCUT2D eigenvalue weighted by Gasteiger charge is 2.49. The zero-order valence-electron chi connectivity index (χ0n) is 14.9. The molecule has 1 saturated carbocycles. The van der Waals surface area contributed by atoms with Crippen molar-refractivity contribution in [3.63, 3.8) is 0 Å². The van der Waals surface area contributed by atoms with E-state index in [1.165, 1.54) is 10.4 Å². The lowest BCUT2D eigenvalue weighted by atomic mass is 9.95. The van der Waals surface area contributed by atoms with Gasteiger partial charge in [-0.2, -0.15) is 9.90 Å². The Hall–Kier alpha value is -3.03. The van der Waals surface area contributed by atoms with Crippen molar-refractivity contribution >= 4 is 11.7 Å². The summed E-state index contributed by atoms with van der Waals surface area (Å²) in [6.45, 7) is 4.60. The first kappa shape index (κ1) is 16.4. The summed E-state index contributed by atoms with van der Waals surface area (Å²) in [5.41, 5.74) is 1.98. The van der Waals surface area contributed by atoms with Crippen LogP contribution in [-0.2, 0) is 23.3 Å². The van der Waals surface area contributed by atoms with Crippen LogP contribution in [0.1, 0.15) is 36.7 Å². The number of tetrazole rings is 1. The number of carbonyl (C=O) groups excluding carboxylic acids is 1. The average molecular weight is 351 g/mol. The van der Waals surface area contributed by atoms with Crippen molar-refractivity contribution in [2.45, 2.75) is 45.2 Å². The largest absolute Gasteiger partial charge is 0.309 e. The number of rotatable bonds is 6. The molecule has 0 spiro atoms. The summed E-state index contributed by atoms with van der Waals surface area (Å²) in [4.78, 5) is 13.7. The number of aromatic nitrogens is 6. The van der Waals surface area contributed by atoms with Crippen LogP contribution in [0.15, 0.2) is 36.5 Å². The molecule has 3 aromatic rings. The Morgan fingerprint density at radius 1 is 1.27 bits per heavy atom. The number of hydrogen-bond donors (Lipinski definition) is 1. The molecular formula is C18H21N7O. The second-order valence-electron chi connectivity index (χ2n) is 6.63. The van der Waals surface area contributed by atoms with Crippen LogP contribution in [0.4, 0.5) is 5.82 Å². The van der Waals surface area contributed by atoms with Crippen molar-refractivity contribution in [2.75, 3.05) is 5.32 Å². The van der Waals surface area contributed by atoms with E-state index >= 15 is 0 Å². The van der Waals surface area contributed by atoms with Crippen molar-refractivity contribution in [3.05, 3.63) is 53.5 Å². The molecule has 2 aromatic heterocycles. The van der Waals surface area contributed by atoms with Gasteiger partial charge < -0.3 is 5.32 Å². The Morgan fingerprint density at radius 2 is 2.04 bits per heavy atom. The van der Waals surface area contributed by atoms with Crippen LogP contribution in [0.5, 0.6) is 0 Å². The Labute approximate surface area is 151 Å². The van der Waals surface area contributed by atoms with Gasteiger partial charge in [0.05, 0.1) is 11.6 Å². The fourth-order valence-corrected chi connectivity index (χ4v) is 3.21. The predicted molar refractivity (Wildman–Crippen MR) is 95.5 cm³/mol. The van der Waals surface area contributed by atoms with Gasteiger partial charge in [0, 0.05) is 12.1 Å². The van der Waals surface area contributed by atoms with E-state index in [1.807, 2.05) is 32.0 Å². The molecule has 8 heteroatoms. The van der Waals surface area contributed by atoms with Crippen LogP contribution < -0.4 is 5.32 Å². The smallest absolute Gasteiger partial charge is 0.249 e. The van der Waals surface area contributed by atoms with Crippen molar-refractivity contribution < 1.29 is 4.79 Å². The van der Waals surface area contributed by atoms with Crippen molar-refractivity contribution in [1.82, 2.24) is 30.0 Å². The van der Waals surface area contributed by atoms with E-state index in [2.05, 4.69) is 38.0 Å². The monoisotopic (exact) mass is 351 g/mol. The summed E-state index contributed by atoms with van der Waals surface area (Å²) < 4.78 is 1.75. The lowest BCUT2D eigenvalue weighted by Crippen LogP contribution is -2.23. The molecule has 8 nitrogen and oxygen atoms in total. The molecule has 0 atom stereocenters. The Kier molecular flexibility index (Phi) is 4.02. The van der Waals surface area contributed by atoms with E-state index in [0.29, 0.717) is 18.2 Å². The molecule has 0 aliphatic heterocycles. The summed E-state index contributed by atoms with van der Waals surface area (Å²) in [7, 11) is 0. The molecule has 1 fully saturated rings. The average Bonchev–Trinajstić information content (AvgIpc) is 3.22. The molecule has 0 radical (unpaired) electrons. The maximum atomic E-state index is 12.4. The fraction of sp³-hybridized carbons (Fsp3) is 0.389. The second kappa shape index (κ2) is 6.36. The highest BCUT2D eigenvalue weighted by Crippen LogP contribution is 2.51. The maximum absolute atomic E-state index is 12.4. The molecule has 0 bridgehead atoms. The van der Waals surface area contributed by atoms with Crippen LogP contribution in [-0.4, -0.2) is 35.9 Å². The van der Waals surface area contributed by atoms with Crippen molar-refractivity contribution in [2.24, 2.45) is 0 Å². The number of nitrogens with one attached hydrogen (secondary N) is 1. The summed E-state index contributed by atoms with van der Waals surface area (Å²) in [5.74, 6) is 1.20. The summed E-state index contributed by atoms with van der Waals surface area (Å²) >= 11 is 0. The minimum Gasteiger partial charge on any atom is -0.309 e. The van der Waals surface area contributed by atoms with Crippen molar-refractivity contribution in [1.29, 1.82) is 0 Å². The van der Waals surface area contributed by atoms with Crippen LogP contribution in [0.3, 0.4) is 0 Å². The highest BCUT2D eigenvalue weighted by atomic mass is 16.2. The predicted octanol–water partition coefficient (Wildman–Crippen LogP) is 1.92. The van der Waals surface area contributed by atoms with E-state index in [1.54, 1.807) is 10.9 Å². The minimum atomic E-state index is -0.197. The number of nitrogens with zero attached hydrogens (tertiary/aromatic N) is 6. The molecular weight excluding hydrogens is 330 g/mol. The molecule has 2 heterocycles. The number of amides is 1. The zero-order valence-corrected chi connectivity index (χ0v) is 14.9. The van der Waals surface area contributed by atoms with Gasteiger partial charge in [-0.25, -0.2) is 4.68 Å². The summed E-state index contributed by atoms with van der Waals surface area (Å²) in [5, 5.41) is 19.9. The van der Waals surface area contributed by atoms with E-state index in [9.17, 15) is 4.79 Å². The summed E-state index contributed by atoms with van der Waals surface area (Å²) in [6.07, 6.45) is 3.75. The maximum Gasteiger partial charge on any atom is 0.249 e. The van der Waals surface area contributed by atoms with Gasteiger partial charge in [-0.1, -0.05) is 30.3 Å². The molecule has 1 aliphatic carbocycles. The van der Waals surface area contributed by atoms with E-state index in [-0.39, 0.29) is 17.9 Å². The van der Waals surface area contributed by atoms with Crippen LogP contribution in [0, 0.1) is 6.92 Å². The fourth-order valence-electron chi connectivity index (χ4n) is 3.21. The molecule has 1 aliphatic rings. The third-order valence-electron chi connectivity index (χ3n) is 4.82. The van der Waals surface area contributed by atoms with Crippen LogP contribution in [0.25, 0.3) is 0 Å². The van der Waals surface area contributed by atoms with E-state index < -0.39 is 0 Å². The first-order chi connectivity index (χ1) is 12.6. The van der Waals surface area contributed by atoms with Gasteiger partial charge in [0.1, 0.15) is 12.4 Å². The van der Waals surface area contributed by atoms with Crippen LogP contribution >= 0.6 is 0 Å². The highest BCUT2D eigenvalue weighted by molar-refractivity contribution is 5.90. The Balaban J connectivity index is 1.47. The number of hydrogen-bond acceptors (Lipinski definition) is 5. The minimum absolute atomic E-state index is 0.0200. The number of carbonyl (C=O) groups is 1. The molecule has 26 heavy (non-hydrogen) atoms. The molecule has 1 aromatic carbocycles. The third kappa shape index (κ3) is 2.87. The van der Waals surface area contributed by atoms with Gasteiger partial charge in [-0.05, 0) is 37.5 Å². The third-order valence-corrected chi connectivity index (χ3v) is 4.82. The number of anilines is 1. The molecule has 1 amide bonds.